The molecule has 0 amide bonds. The average Bonchev–Trinajstić information content (AvgIpc) is 3.71. The van der Waals surface area contributed by atoms with Gasteiger partial charge in [0.2, 0.25) is 5.78 Å². The lowest BCUT2D eigenvalue weighted by Crippen LogP contribution is -2.55. The van der Waals surface area contributed by atoms with E-state index >= 15 is 4.39 Å². The molecule has 1 saturated carbocycles. The van der Waals surface area contributed by atoms with Crippen molar-refractivity contribution in [2.45, 2.75) is 56.5 Å². The first-order chi connectivity index (χ1) is 18.8. The Morgan fingerprint density at radius 2 is 1.87 bits per heavy atom. The van der Waals surface area contributed by atoms with Crippen LogP contribution in [0, 0.1) is 5.92 Å². The second-order valence-electron chi connectivity index (χ2n) is 10.8. The van der Waals surface area contributed by atoms with E-state index in [1.165, 1.54) is 11.3 Å². The molecule has 1 aliphatic heterocycles. The highest BCUT2D eigenvalue weighted by molar-refractivity contribution is 5.99. The maximum absolute atomic E-state index is 17.4. The van der Waals surface area contributed by atoms with E-state index in [1.54, 1.807) is 18.2 Å². The minimum atomic E-state index is -2.66. The lowest BCUT2D eigenvalue weighted by atomic mass is 9.85. The largest absolute Gasteiger partial charge is 0.481 e. The third kappa shape index (κ3) is 4.63. The van der Waals surface area contributed by atoms with E-state index in [0.29, 0.717) is 61.0 Å². The van der Waals surface area contributed by atoms with Crippen LogP contribution in [-0.2, 0) is 21.4 Å². The first-order valence-corrected chi connectivity index (χ1v) is 13.6. The number of nitrogens with zero attached hydrogens (tertiary/aromatic N) is 3. The zero-order valence-electron chi connectivity index (χ0n) is 21.9. The van der Waals surface area contributed by atoms with Gasteiger partial charge < -0.3 is 18.8 Å². The number of Topliss-reactive ketones (excluding diaryl/α,β-unsaturated/α-hetero) is 1. The number of aryl methyl sites for hydroxylation is 1. The monoisotopic (exact) mass is 533 g/mol. The lowest BCUT2D eigenvalue weighted by molar-refractivity contribution is -0.253. The minimum absolute atomic E-state index is 0.396. The molecule has 2 unspecified atom stereocenters. The number of carbonyl (C=O) groups excluding carboxylic acids is 1. The molecule has 0 radical (unpaired) electrons. The highest BCUT2D eigenvalue weighted by Gasteiger charge is 2.52. The molecule has 6 rings (SSSR count). The van der Waals surface area contributed by atoms with Gasteiger partial charge in [-0.15, -0.1) is 0 Å². The molecular weight excluding hydrogens is 501 g/mol. The van der Waals surface area contributed by atoms with Gasteiger partial charge in [0.05, 0.1) is 17.9 Å². The topological polar surface area (TPSA) is 97.8 Å². The van der Waals surface area contributed by atoms with Crippen molar-refractivity contribution in [1.82, 2.24) is 14.5 Å². The summed E-state index contributed by atoms with van der Waals surface area (Å²) in [4.78, 5) is 31.8. The standard InChI is InChI=1S/C30H32FN3O5/c1-33-17-23(22-6-2-3-7-25(22)33)27(20-10-13-24-26(16-20)38-18-32-24)28(35)30(31,34-14-4-5-15-34)39-21-11-8-19(9-12-21)29(36)37/h2-3,6-7,10,13,16-19,21,27H,4-5,8-9,11-12,14-15H2,1H3,(H,36,37). The van der Waals surface area contributed by atoms with E-state index in [0.717, 1.165) is 23.7 Å². The Morgan fingerprint density at radius 3 is 2.62 bits per heavy atom. The number of ketones is 1. The summed E-state index contributed by atoms with van der Waals surface area (Å²) in [5.41, 5.74) is 3.39. The molecule has 39 heavy (non-hydrogen) atoms. The second kappa shape index (κ2) is 10.2. The highest BCUT2D eigenvalue weighted by atomic mass is 19.2. The smallest absolute Gasteiger partial charge is 0.330 e. The van der Waals surface area contributed by atoms with E-state index in [1.807, 2.05) is 42.1 Å². The summed E-state index contributed by atoms with van der Waals surface area (Å²) in [6.45, 7) is 0.826. The average molecular weight is 534 g/mol. The molecule has 2 atom stereocenters. The molecular formula is C30H32FN3O5. The normalized spacial score (nSPS) is 22.7. The quantitative estimate of drug-likeness (QED) is 0.303. The van der Waals surface area contributed by atoms with E-state index < -0.39 is 35.7 Å². The van der Waals surface area contributed by atoms with Crippen LogP contribution in [0.15, 0.2) is 59.5 Å². The van der Waals surface area contributed by atoms with Crippen LogP contribution < -0.4 is 0 Å². The Kier molecular flexibility index (Phi) is 6.72. The number of carbonyl (C=O) groups is 2. The molecule has 204 valence electrons. The van der Waals surface area contributed by atoms with Crippen LogP contribution in [0.5, 0.6) is 0 Å². The van der Waals surface area contributed by atoms with Gasteiger partial charge in [0.1, 0.15) is 5.52 Å². The summed E-state index contributed by atoms with van der Waals surface area (Å²) in [5.74, 6) is -5.60. The molecule has 9 heteroatoms. The number of rotatable bonds is 8. The number of oxazole rings is 1. The van der Waals surface area contributed by atoms with Gasteiger partial charge in [0.25, 0.3) is 0 Å². The Morgan fingerprint density at radius 1 is 1.13 bits per heavy atom. The van der Waals surface area contributed by atoms with Crippen LogP contribution in [0.25, 0.3) is 22.0 Å². The fraction of sp³-hybridized carbons (Fsp3) is 0.433. The number of carboxylic acid groups (broad SMARTS) is 1. The SMILES string of the molecule is Cn1cc(C(C(=O)C(F)(OC2CCC(C(=O)O)CC2)N2CCCC2)c2ccc3ncoc3c2)c2ccccc21. The van der Waals surface area contributed by atoms with Crippen LogP contribution in [0.3, 0.4) is 0 Å². The summed E-state index contributed by atoms with van der Waals surface area (Å²) in [5, 5.41) is 10.3. The van der Waals surface area contributed by atoms with E-state index in [9.17, 15) is 14.7 Å². The molecule has 2 fully saturated rings. The van der Waals surface area contributed by atoms with Crippen LogP contribution in [-0.4, -0.2) is 56.5 Å². The van der Waals surface area contributed by atoms with Crippen LogP contribution in [0.1, 0.15) is 55.6 Å². The van der Waals surface area contributed by atoms with Crippen molar-refractivity contribution in [3.63, 3.8) is 0 Å². The van der Waals surface area contributed by atoms with Gasteiger partial charge in [0, 0.05) is 37.2 Å². The molecule has 2 aliphatic rings. The molecule has 2 aromatic heterocycles. The fourth-order valence-corrected chi connectivity index (χ4v) is 6.25. The Balaban J connectivity index is 1.44. The van der Waals surface area contributed by atoms with Gasteiger partial charge in [-0.3, -0.25) is 9.59 Å². The molecule has 8 nitrogen and oxygen atoms in total. The Bertz CT molecular complexity index is 1520. The number of benzene rings is 2. The number of carboxylic acids is 1. The van der Waals surface area contributed by atoms with Crippen molar-refractivity contribution in [3.8, 4) is 0 Å². The van der Waals surface area contributed by atoms with Crippen molar-refractivity contribution in [2.75, 3.05) is 13.1 Å². The summed E-state index contributed by atoms with van der Waals surface area (Å²) in [6, 6.07) is 13.1. The number of hydrogen-bond acceptors (Lipinski definition) is 6. The summed E-state index contributed by atoms with van der Waals surface area (Å²) in [7, 11) is 1.91. The summed E-state index contributed by atoms with van der Waals surface area (Å²) < 4.78 is 31.0. The van der Waals surface area contributed by atoms with Crippen molar-refractivity contribution >= 4 is 33.8 Å². The third-order valence-electron chi connectivity index (χ3n) is 8.35. The number of alkyl halides is 1. The fourth-order valence-electron chi connectivity index (χ4n) is 6.25. The van der Waals surface area contributed by atoms with Crippen molar-refractivity contribution in [1.29, 1.82) is 0 Å². The predicted octanol–water partition coefficient (Wildman–Crippen LogP) is 5.40. The van der Waals surface area contributed by atoms with Crippen LogP contribution in [0.4, 0.5) is 4.39 Å². The van der Waals surface area contributed by atoms with Gasteiger partial charge in [-0.05, 0) is 67.9 Å². The zero-order valence-corrected chi connectivity index (χ0v) is 21.9. The van der Waals surface area contributed by atoms with Crippen molar-refractivity contribution in [3.05, 3.63) is 66.2 Å². The molecule has 0 bridgehead atoms. The number of fused-ring (bicyclic) bond motifs is 2. The molecule has 1 saturated heterocycles. The molecule has 3 heterocycles. The van der Waals surface area contributed by atoms with E-state index in [4.69, 9.17) is 9.15 Å². The maximum Gasteiger partial charge on any atom is 0.330 e. The maximum atomic E-state index is 17.4. The van der Waals surface area contributed by atoms with Gasteiger partial charge in [0.15, 0.2) is 12.0 Å². The Labute approximate surface area is 225 Å². The minimum Gasteiger partial charge on any atom is -0.481 e. The number of aromatic nitrogens is 2. The Hall–Kier alpha value is -3.56. The van der Waals surface area contributed by atoms with E-state index in [2.05, 4.69) is 4.98 Å². The van der Waals surface area contributed by atoms with Gasteiger partial charge in [-0.25, -0.2) is 9.88 Å². The molecule has 2 aromatic carbocycles. The zero-order chi connectivity index (χ0) is 27.1. The lowest BCUT2D eigenvalue weighted by Gasteiger charge is -2.39. The number of halogens is 1. The summed E-state index contributed by atoms with van der Waals surface area (Å²) >= 11 is 0. The van der Waals surface area contributed by atoms with E-state index in [-0.39, 0.29) is 0 Å². The van der Waals surface area contributed by atoms with Gasteiger partial charge in [-0.1, -0.05) is 24.3 Å². The first-order valence-electron chi connectivity index (χ1n) is 13.6. The van der Waals surface area contributed by atoms with Crippen LogP contribution in [0.2, 0.25) is 0 Å². The van der Waals surface area contributed by atoms with Crippen molar-refractivity contribution in [2.24, 2.45) is 13.0 Å². The van der Waals surface area contributed by atoms with Gasteiger partial charge >= 0.3 is 11.9 Å². The highest BCUT2D eigenvalue weighted by Crippen LogP contribution is 2.41. The second-order valence-corrected chi connectivity index (χ2v) is 10.8. The molecule has 4 aromatic rings. The molecule has 1 N–H and O–H groups in total. The number of aliphatic carboxylic acids is 1. The third-order valence-corrected chi connectivity index (χ3v) is 8.35. The number of hydrogen-bond donors (Lipinski definition) is 1. The molecule has 1 aliphatic carbocycles. The summed E-state index contributed by atoms with van der Waals surface area (Å²) in [6.07, 6.45) is 5.84. The predicted molar refractivity (Wildman–Crippen MR) is 143 cm³/mol. The van der Waals surface area contributed by atoms with Crippen LogP contribution >= 0.6 is 0 Å². The van der Waals surface area contributed by atoms with Crippen molar-refractivity contribution < 1.29 is 28.2 Å². The number of likely N-dealkylation sites (tertiary alicyclic amines) is 1. The number of para-hydroxylation sites is 1. The molecule has 0 spiro atoms. The van der Waals surface area contributed by atoms with Gasteiger partial charge in [-0.2, -0.15) is 4.39 Å². The number of ether oxygens (including phenoxy) is 1. The first kappa shape index (κ1) is 25.7.